The van der Waals surface area contributed by atoms with E-state index in [1.807, 2.05) is 39.1 Å². The van der Waals surface area contributed by atoms with Crippen molar-refractivity contribution in [1.29, 1.82) is 0 Å². The topological polar surface area (TPSA) is 61.0 Å². The highest BCUT2D eigenvalue weighted by atomic mass is 16.5. The Hall–Kier alpha value is -2.37. The van der Waals surface area contributed by atoms with Crippen LogP contribution in [0.5, 0.6) is 11.5 Å². The molecule has 0 amide bonds. The van der Waals surface area contributed by atoms with Crippen molar-refractivity contribution in [3.8, 4) is 11.5 Å². The van der Waals surface area contributed by atoms with E-state index in [1.54, 1.807) is 18.9 Å². The molecule has 0 aliphatic rings. The molecular formula is C14H18N4O2. The van der Waals surface area contributed by atoms with E-state index >= 15 is 0 Å². The number of benzene rings is 1. The molecule has 1 heterocycles. The Labute approximate surface area is 118 Å². The minimum absolute atomic E-state index is 0.570. The van der Waals surface area contributed by atoms with Crippen molar-refractivity contribution >= 4 is 11.4 Å². The van der Waals surface area contributed by atoms with Gasteiger partial charge in [-0.05, 0) is 26.0 Å². The first kappa shape index (κ1) is 14.0. The lowest BCUT2D eigenvalue weighted by Crippen LogP contribution is -1.91. The first-order valence-electron chi connectivity index (χ1n) is 6.21. The van der Waals surface area contributed by atoms with Crippen molar-refractivity contribution in [2.75, 3.05) is 14.2 Å². The summed E-state index contributed by atoms with van der Waals surface area (Å²) in [6.07, 6.45) is 0. The molecule has 0 fully saturated rings. The third-order valence-electron chi connectivity index (χ3n) is 3.12. The van der Waals surface area contributed by atoms with E-state index in [0.29, 0.717) is 17.2 Å². The molecule has 0 spiro atoms. The van der Waals surface area contributed by atoms with Crippen LogP contribution in [0.4, 0.5) is 11.4 Å². The maximum Gasteiger partial charge on any atom is 0.169 e. The molecule has 0 aliphatic carbocycles. The summed E-state index contributed by atoms with van der Waals surface area (Å²) >= 11 is 0. The highest BCUT2D eigenvalue weighted by Gasteiger charge is 2.11. The number of nitrogens with zero attached hydrogens (tertiary/aromatic N) is 4. The van der Waals surface area contributed by atoms with E-state index in [0.717, 1.165) is 17.1 Å². The summed E-state index contributed by atoms with van der Waals surface area (Å²) < 4.78 is 12.4. The number of rotatable bonds is 4. The molecule has 1 aromatic carbocycles. The van der Waals surface area contributed by atoms with Gasteiger partial charge in [-0.1, -0.05) is 6.07 Å². The van der Waals surface area contributed by atoms with E-state index in [9.17, 15) is 0 Å². The van der Waals surface area contributed by atoms with E-state index in [1.165, 1.54) is 0 Å². The molecule has 2 rings (SSSR count). The predicted molar refractivity (Wildman–Crippen MR) is 76.4 cm³/mol. The monoisotopic (exact) mass is 274 g/mol. The number of ether oxygens (including phenoxy) is 2. The normalized spacial score (nSPS) is 11.1. The quantitative estimate of drug-likeness (QED) is 0.802. The standard InChI is InChI=1S/C14H18N4O2/c1-9-13(10(2)18(3)17-9)15-16-14-11(19-4)7-6-8-12(14)20-5/h6-8H,1-5H3/b16-15+. The van der Waals surface area contributed by atoms with Gasteiger partial charge in [0.2, 0.25) is 0 Å². The molecule has 2 aromatic rings. The van der Waals surface area contributed by atoms with E-state index < -0.39 is 0 Å². The fourth-order valence-electron chi connectivity index (χ4n) is 1.94. The minimum Gasteiger partial charge on any atom is -0.494 e. The van der Waals surface area contributed by atoms with Crippen LogP contribution in [0.3, 0.4) is 0 Å². The number of azo groups is 1. The van der Waals surface area contributed by atoms with Gasteiger partial charge in [-0.2, -0.15) is 5.10 Å². The fourth-order valence-corrected chi connectivity index (χ4v) is 1.94. The summed E-state index contributed by atoms with van der Waals surface area (Å²) in [5.41, 5.74) is 3.13. The van der Waals surface area contributed by atoms with Crippen molar-refractivity contribution in [1.82, 2.24) is 9.78 Å². The third kappa shape index (κ3) is 2.49. The second-order valence-electron chi connectivity index (χ2n) is 4.35. The van der Waals surface area contributed by atoms with Crippen molar-refractivity contribution in [3.63, 3.8) is 0 Å². The number of hydrogen-bond donors (Lipinski definition) is 0. The molecular weight excluding hydrogens is 256 g/mol. The molecule has 0 aliphatic heterocycles. The first-order chi connectivity index (χ1) is 9.58. The van der Waals surface area contributed by atoms with Gasteiger partial charge in [0.25, 0.3) is 0 Å². The maximum atomic E-state index is 5.29. The first-order valence-corrected chi connectivity index (χ1v) is 6.21. The zero-order chi connectivity index (χ0) is 14.7. The van der Waals surface area contributed by atoms with Crippen LogP contribution in [0.25, 0.3) is 0 Å². The second kappa shape index (κ2) is 5.73. The Morgan fingerprint density at radius 2 is 1.55 bits per heavy atom. The third-order valence-corrected chi connectivity index (χ3v) is 3.12. The van der Waals surface area contributed by atoms with Gasteiger partial charge in [0.1, 0.15) is 17.2 Å². The Balaban J connectivity index is 2.46. The van der Waals surface area contributed by atoms with Crippen LogP contribution in [0.1, 0.15) is 11.4 Å². The molecule has 0 N–H and O–H groups in total. The van der Waals surface area contributed by atoms with Crippen LogP contribution < -0.4 is 9.47 Å². The fraction of sp³-hybridized carbons (Fsp3) is 0.357. The van der Waals surface area contributed by atoms with Gasteiger partial charge in [0.15, 0.2) is 5.69 Å². The zero-order valence-corrected chi connectivity index (χ0v) is 12.3. The van der Waals surface area contributed by atoms with Crippen LogP contribution >= 0.6 is 0 Å². The number of aryl methyl sites for hydroxylation is 2. The summed E-state index contributed by atoms with van der Waals surface area (Å²) in [6, 6.07) is 5.48. The maximum absolute atomic E-state index is 5.29. The number of aromatic nitrogens is 2. The Bertz CT molecular complexity index is 625. The van der Waals surface area contributed by atoms with Gasteiger partial charge in [-0.25, -0.2) is 0 Å². The lowest BCUT2D eigenvalue weighted by atomic mass is 10.3. The van der Waals surface area contributed by atoms with E-state index in [4.69, 9.17) is 9.47 Å². The molecule has 20 heavy (non-hydrogen) atoms. The van der Waals surface area contributed by atoms with E-state index in [2.05, 4.69) is 15.3 Å². The summed E-state index contributed by atoms with van der Waals surface area (Å²) in [6.45, 7) is 3.86. The summed E-state index contributed by atoms with van der Waals surface area (Å²) in [7, 11) is 5.06. The number of hydrogen-bond acceptors (Lipinski definition) is 5. The van der Waals surface area contributed by atoms with Gasteiger partial charge >= 0.3 is 0 Å². The van der Waals surface area contributed by atoms with Crippen molar-refractivity contribution in [2.24, 2.45) is 17.3 Å². The van der Waals surface area contributed by atoms with Crippen molar-refractivity contribution < 1.29 is 9.47 Å². The predicted octanol–water partition coefficient (Wildman–Crippen LogP) is 3.47. The van der Waals surface area contributed by atoms with Gasteiger partial charge in [-0.15, -0.1) is 10.2 Å². The highest BCUT2D eigenvalue weighted by Crippen LogP contribution is 2.38. The summed E-state index contributed by atoms with van der Waals surface area (Å²) in [5, 5.41) is 12.9. The van der Waals surface area contributed by atoms with Crippen LogP contribution in [-0.4, -0.2) is 24.0 Å². The molecule has 0 bridgehead atoms. The van der Waals surface area contributed by atoms with Crippen molar-refractivity contribution in [2.45, 2.75) is 13.8 Å². The molecule has 1 aromatic heterocycles. The van der Waals surface area contributed by atoms with Gasteiger partial charge in [-0.3, -0.25) is 4.68 Å². The van der Waals surface area contributed by atoms with Crippen LogP contribution in [0.2, 0.25) is 0 Å². The van der Waals surface area contributed by atoms with Crippen LogP contribution in [0, 0.1) is 13.8 Å². The lowest BCUT2D eigenvalue weighted by Gasteiger charge is -2.07. The summed E-state index contributed by atoms with van der Waals surface area (Å²) in [4.78, 5) is 0. The molecule has 0 unspecified atom stereocenters. The lowest BCUT2D eigenvalue weighted by molar-refractivity contribution is 0.396. The highest BCUT2D eigenvalue weighted by molar-refractivity contribution is 5.62. The van der Waals surface area contributed by atoms with Gasteiger partial charge < -0.3 is 9.47 Å². The molecule has 0 atom stereocenters. The van der Waals surface area contributed by atoms with Gasteiger partial charge in [0.05, 0.1) is 25.6 Å². The molecule has 106 valence electrons. The SMILES string of the molecule is COc1cccc(OC)c1/N=N/c1c(C)nn(C)c1C. The molecule has 6 nitrogen and oxygen atoms in total. The Morgan fingerprint density at radius 1 is 1.00 bits per heavy atom. The second-order valence-corrected chi connectivity index (χ2v) is 4.35. The molecule has 0 saturated heterocycles. The van der Waals surface area contributed by atoms with Gasteiger partial charge in [0, 0.05) is 7.05 Å². The van der Waals surface area contributed by atoms with Crippen LogP contribution in [0.15, 0.2) is 28.4 Å². The summed E-state index contributed by atoms with van der Waals surface area (Å²) in [5.74, 6) is 1.24. The largest absolute Gasteiger partial charge is 0.494 e. The Kier molecular flexibility index (Phi) is 4.02. The molecule has 6 heteroatoms. The van der Waals surface area contributed by atoms with Crippen LogP contribution in [-0.2, 0) is 7.05 Å². The average molecular weight is 274 g/mol. The Morgan fingerprint density at radius 3 is 2.00 bits per heavy atom. The van der Waals surface area contributed by atoms with E-state index in [-0.39, 0.29) is 0 Å². The number of methoxy groups -OCH3 is 2. The van der Waals surface area contributed by atoms with Crippen molar-refractivity contribution in [3.05, 3.63) is 29.6 Å². The minimum atomic E-state index is 0.570. The molecule has 0 saturated carbocycles. The smallest absolute Gasteiger partial charge is 0.169 e. The average Bonchev–Trinajstić information content (AvgIpc) is 2.69. The molecule has 0 radical (unpaired) electrons. The zero-order valence-electron chi connectivity index (χ0n) is 12.3.